The van der Waals surface area contributed by atoms with Crippen LogP contribution in [0.15, 0.2) is 41.3 Å². The van der Waals surface area contributed by atoms with Gasteiger partial charge >= 0.3 is 0 Å². The van der Waals surface area contributed by atoms with E-state index in [1.807, 2.05) is 6.92 Å². The lowest BCUT2D eigenvalue weighted by Crippen LogP contribution is -2.30. The fourth-order valence-electron chi connectivity index (χ4n) is 3.31. The van der Waals surface area contributed by atoms with Gasteiger partial charge in [0, 0.05) is 12.5 Å². The van der Waals surface area contributed by atoms with Gasteiger partial charge in [0.25, 0.3) is 0 Å². The van der Waals surface area contributed by atoms with E-state index in [1.54, 1.807) is 38.1 Å². The lowest BCUT2D eigenvalue weighted by molar-refractivity contribution is -0.121. The number of sulfonamides is 1. The highest BCUT2D eigenvalue weighted by atomic mass is 32.2. The van der Waals surface area contributed by atoms with Gasteiger partial charge in [-0.15, -0.1) is 0 Å². The minimum Gasteiger partial charge on any atom is -0.350 e. The van der Waals surface area contributed by atoms with Gasteiger partial charge in [0.05, 0.1) is 10.9 Å². The minimum atomic E-state index is -3.49. The van der Waals surface area contributed by atoms with E-state index < -0.39 is 10.0 Å². The van der Waals surface area contributed by atoms with E-state index >= 15 is 0 Å². The molecule has 158 valence electrons. The highest BCUT2D eigenvalue weighted by Gasteiger charge is 2.16. The molecule has 0 aliphatic carbocycles. The van der Waals surface area contributed by atoms with Crippen molar-refractivity contribution in [3.8, 4) is 0 Å². The molecule has 0 spiro atoms. The normalized spacial score (nSPS) is 12.8. The summed E-state index contributed by atoms with van der Waals surface area (Å²) in [7, 11) is -3.49. The summed E-state index contributed by atoms with van der Waals surface area (Å²) in [4.78, 5) is 12.6. The zero-order valence-electron chi connectivity index (χ0n) is 18.2. The molecular formula is C23H32N2O3S. The molecule has 0 fully saturated rings. The number of hydrogen-bond donors (Lipinski definition) is 2. The third-order valence-electron chi connectivity index (χ3n) is 4.99. The van der Waals surface area contributed by atoms with Crippen LogP contribution in [0.3, 0.4) is 0 Å². The predicted octanol–water partition coefficient (Wildman–Crippen LogP) is 4.11. The van der Waals surface area contributed by atoms with Crippen molar-refractivity contribution in [3.05, 3.63) is 64.2 Å². The molecule has 5 nitrogen and oxygen atoms in total. The maximum atomic E-state index is 12.4. The Kier molecular flexibility index (Phi) is 7.60. The molecule has 6 heteroatoms. The molecule has 1 unspecified atom stereocenters. The van der Waals surface area contributed by atoms with E-state index in [-0.39, 0.29) is 22.9 Å². The second-order valence-corrected chi connectivity index (χ2v) is 9.72. The molecule has 0 aromatic heterocycles. The first-order chi connectivity index (χ1) is 13.5. The van der Waals surface area contributed by atoms with Crippen LogP contribution in [0.5, 0.6) is 0 Å². The Morgan fingerprint density at radius 3 is 2.10 bits per heavy atom. The van der Waals surface area contributed by atoms with Gasteiger partial charge in [-0.25, -0.2) is 13.1 Å². The van der Waals surface area contributed by atoms with Crippen molar-refractivity contribution in [2.45, 2.75) is 71.4 Å². The molecule has 0 saturated carbocycles. The van der Waals surface area contributed by atoms with Gasteiger partial charge in [-0.2, -0.15) is 0 Å². The Labute approximate surface area is 175 Å². The average Bonchev–Trinajstić information content (AvgIpc) is 2.62. The van der Waals surface area contributed by atoms with Gasteiger partial charge in [0.15, 0.2) is 0 Å². The monoisotopic (exact) mass is 416 g/mol. The number of aryl methyl sites for hydroxylation is 4. The molecule has 2 aromatic carbocycles. The van der Waals surface area contributed by atoms with Gasteiger partial charge < -0.3 is 5.32 Å². The third kappa shape index (κ3) is 6.41. The molecule has 1 amide bonds. The summed E-state index contributed by atoms with van der Waals surface area (Å²) in [5, 5.41) is 3.07. The van der Waals surface area contributed by atoms with Crippen LogP contribution in [0.4, 0.5) is 0 Å². The van der Waals surface area contributed by atoms with Crippen LogP contribution < -0.4 is 10.0 Å². The number of benzene rings is 2. The van der Waals surface area contributed by atoms with Crippen molar-refractivity contribution in [2.24, 2.45) is 0 Å². The standard InChI is InChI=1S/C23H32N2O3S/c1-15(2)25-29(27,28)21-10-7-20(8-11-21)9-12-23(26)24-19(6)22-14-17(4)16(3)13-18(22)5/h7-8,10-11,13-15,19,25H,9,12H2,1-6H3,(H,24,26). The van der Waals surface area contributed by atoms with Gasteiger partial charge in [-0.3, -0.25) is 4.79 Å². The first-order valence-corrected chi connectivity index (χ1v) is 11.5. The van der Waals surface area contributed by atoms with Crippen LogP contribution in [0.25, 0.3) is 0 Å². The Morgan fingerprint density at radius 2 is 1.52 bits per heavy atom. The second kappa shape index (κ2) is 9.55. The topological polar surface area (TPSA) is 75.3 Å². The zero-order valence-corrected chi connectivity index (χ0v) is 19.0. The first kappa shape index (κ1) is 23.1. The summed E-state index contributed by atoms with van der Waals surface area (Å²) >= 11 is 0. The molecule has 0 aliphatic rings. The number of rotatable bonds is 8. The van der Waals surface area contributed by atoms with E-state index in [0.29, 0.717) is 12.8 Å². The lowest BCUT2D eigenvalue weighted by Gasteiger charge is -2.18. The summed E-state index contributed by atoms with van der Waals surface area (Å²) in [6, 6.07) is 10.8. The maximum Gasteiger partial charge on any atom is 0.240 e. The van der Waals surface area contributed by atoms with Crippen molar-refractivity contribution < 1.29 is 13.2 Å². The molecule has 2 rings (SSSR count). The Bertz CT molecular complexity index is 964. The molecule has 0 saturated heterocycles. The molecule has 0 aliphatic heterocycles. The van der Waals surface area contributed by atoms with Crippen LogP contribution in [-0.2, 0) is 21.2 Å². The van der Waals surface area contributed by atoms with Gasteiger partial charge in [-0.05, 0) is 87.9 Å². The molecule has 0 bridgehead atoms. The van der Waals surface area contributed by atoms with Crippen LogP contribution in [0.1, 0.15) is 61.1 Å². The highest BCUT2D eigenvalue weighted by molar-refractivity contribution is 7.89. The lowest BCUT2D eigenvalue weighted by atomic mass is 9.96. The van der Waals surface area contributed by atoms with Crippen molar-refractivity contribution >= 4 is 15.9 Å². The number of carbonyl (C=O) groups is 1. The number of nitrogens with one attached hydrogen (secondary N) is 2. The molecule has 0 heterocycles. The minimum absolute atomic E-state index is 0.0201. The smallest absolute Gasteiger partial charge is 0.240 e. The van der Waals surface area contributed by atoms with Gasteiger partial charge in [0.1, 0.15) is 0 Å². The van der Waals surface area contributed by atoms with E-state index in [0.717, 1.165) is 11.1 Å². The van der Waals surface area contributed by atoms with E-state index in [4.69, 9.17) is 0 Å². The van der Waals surface area contributed by atoms with Crippen LogP contribution in [0, 0.1) is 20.8 Å². The second-order valence-electron chi connectivity index (χ2n) is 8.00. The Morgan fingerprint density at radius 1 is 0.931 bits per heavy atom. The number of carbonyl (C=O) groups excluding carboxylic acids is 1. The quantitative estimate of drug-likeness (QED) is 0.680. The van der Waals surface area contributed by atoms with Gasteiger partial charge in [0.2, 0.25) is 15.9 Å². The summed E-state index contributed by atoms with van der Waals surface area (Å²) in [6.07, 6.45) is 0.910. The van der Waals surface area contributed by atoms with Crippen molar-refractivity contribution in [1.82, 2.24) is 10.0 Å². The first-order valence-electron chi connectivity index (χ1n) is 9.98. The largest absolute Gasteiger partial charge is 0.350 e. The van der Waals surface area contributed by atoms with Crippen molar-refractivity contribution in [3.63, 3.8) is 0 Å². The Hall–Kier alpha value is -2.18. The molecule has 0 radical (unpaired) electrons. The SMILES string of the molecule is Cc1cc(C)c(C(C)NC(=O)CCc2ccc(S(=O)(=O)NC(C)C)cc2)cc1C. The van der Waals surface area contributed by atoms with Crippen LogP contribution >= 0.6 is 0 Å². The predicted molar refractivity (Wildman–Crippen MR) is 117 cm³/mol. The molecule has 2 N–H and O–H groups in total. The zero-order chi connectivity index (χ0) is 21.8. The summed E-state index contributed by atoms with van der Waals surface area (Å²) in [6.45, 7) is 11.8. The van der Waals surface area contributed by atoms with Gasteiger partial charge in [-0.1, -0.05) is 24.3 Å². The molecule has 1 atom stereocenters. The highest BCUT2D eigenvalue weighted by Crippen LogP contribution is 2.22. The third-order valence-corrected chi connectivity index (χ3v) is 6.67. The van der Waals surface area contributed by atoms with Crippen molar-refractivity contribution in [1.29, 1.82) is 0 Å². The summed E-state index contributed by atoms with van der Waals surface area (Å²) < 4.78 is 26.9. The average molecular weight is 417 g/mol. The van der Waals surface area contributed by atoms with E-state index in [9.17, 15) is 13.2 Å². The van der Waals surface area contributed by atoms with E-state index in [2.05, 4.69) is 42.9 Å². The van der Waals surface area contributed by atoms with Crippen molar-refractivity contribution in [2.75, 3.05) is 0 Å². The number of amides is 1. The fraction of sp³-hybridized carbons (Fsp3) is 0.435. The Balaban J connectivity index is 1.95. The summed E-state index contributed by atoms with van der Waals surface area (Å²) in [5.74, 6) is -0.0201. The molecular weight excluding hydrogens is 384 g/mol. The van der Waals surface area contributed by atoms with Crippen LogP contribution in [-0.4, -0.2) is 20.4 Å². The van der Waals surface area contributed by atoms with E-state index in [1.165, 1.54) is 16.7 Å². The van der Waals surface area contributed by atoms with Crippen LogP contribution in [0.2, 0.25) is 0 Å². The summed E-state index contributed by atoms with van der Waals surface area (Å²) in [5.41, 5.74) is 5.70. The maximum absolute atomic E-state index is 12.4. The number of hydrogen-bond acceptors (Lipinski definition) is 3. The molecule has 29 heavy (non-hydrogen) atoms. The fourth-order valence-corrected chi connectivity index (χ4v) is 4.56. The molecule has 2 aromatic rings.